The Balaban J connectivity index is 1.18. The molecule has 0 atom stereocenters. The Hall–Kier alpha value is -6.42. The number of rotatable bonds is 6. The zero-order valence-corrected chi connectivity index (χ0v) is 28.6. The second-order valence-corrected chi connectivity index (χ2v) is 14.0. The molecule has 0 fully saturated rings. The summed E-state index contributed by atoms with van der Waals surface area (Å²) in [4.78, 5) is 2.44. The van der Waals surface area contributed by atoms with Crippen LogP contribution in [0.3, 0.4) is 0 Å². The summed E-state index contributed by atoms with van der Waals surface area (Å²) in [5, 5.41) is 5.09. The molecule has 0 amide bonds. The predicted molar refractivity (Wildman–Crippen MR) is 219 cm³/mol. The SMILES string of the molecule is c1ccc(-c2ccccc2N(c2ccccc2)c2ccc(-c3ccc(-n4c5ccccc5c5ccccc54)cc3)c3sc4ccccc4c23)cc1. The van der Waals surface area contributed by atoms with Crippen LogP contribution in [0.2, 0.25) is 0 Å². The van der Waals surface area contributed by atoms with Crippen LogP contribution in [0.25, 0.3) is 69.9 Å². The summed E-state index contributed by atoms with van der Waals surface area (Å²) in [6, 6.07) is 70.2. The summed E-state index contributed by atoms with van der Waals surface area (Å²) >= 11 is 1.88. The van der Waals surface area contributed by atoms with E-state index in [1.807, 2.05) is 11.3 Å². The van der Waals surface area contributed by atoms with Gasteiger partial charge in [-0.1, -0.05) is 140 Å². The summed E-state index contributed by atoms with van der Waals surface area (Å²) in [6.07, 6.45) is 0. The summed E-state index contributed by atoms with van der Waals surface area (Å²) in [5.41, 5.74) is 11.9. The molecule has 0 aliphatic rings. The second-order valence-electron chi connectivity index (χ2n) is 12.9. The highest BCUT2D eigenvalue weighted by Crippen LogP contribution is 2.49. The van der Waals surface area contributed by atoms with Gasteiger partial charge in [-0.25, -0.2) is 0 Å². The average molecular weight is 669 g/mol. The molecule has 240 valence electrons. The van der Waals surface area contributed by atoms with E-state index < -0.39 is 0 Å². The first-order valence-electron chi connectivity index (χ1n) is 17.4. The Morgan fingerprint density at radius 1 is 0.392 bits per heavy atom. The molecule has 0 radical (unpaired) electrons. The van der Waals surface area contributed by atoms with E-state index in [9.17, 15) is 0 Å². The molecule has 8 aromatic carbocycles. The smallest absolute Gasteiger partial charge is 0.0555 e. The van der Waals surface area contributed by atoms with Gasteiger partial charge in [0.05, 0.1) is 22.4 Å². The molecule has 3 heteroatoms. The van der Waals surface area contributed by atoms with E-state index in [-0.39, 0.29) is 0 Å². The predicted octanol–water partition coefficient (Wildman–Crippen LogP) is 14.0. The maximum atomic E-state index is 2.44. The Kier molecular flexibility index (Phi) is 7.04. The van der Waals surface area contributed by atoms with Gasteiger partial charge in [-0.15, -0.1) is 11.3 Å². The van der Waals surface area contributed by atoms with Gasteiger partial charge in [0.1, 0.15) is 0 Å². The van der Waals surface area contributed by atoms with Crippen molar-refractivity contribution in [2.24, 2.45) is 0 Å². The summed E-state index contributed by atoms with van der Waals surface area (Å²) < 4.78 is 4.96. The molecular weight excluding hydrogens is 637 g/mol. The van der Waals surface area contributed by atoms with Crippen molar-refractivity contribution >= 4 is 70.4 Å². The lowest BCUT2D eigenvalue weighted by molar-refractivity contribution is 1.18. The molecule has 0 saturated heterocycles. The number of para-hydroxylation sites is 4. The normalized spacial score (nSPS) is 11.5. The lowest BCUT2D eigenvalue weighted by Gasteiger charge is -2.29. The highest BCUT2D eigenvalue weighted by molar-refractivity contribution is 7.26. The number of hydrogen-bond acceptors (Lipinski definition) is 2. The first-order chi connectivity index (χ1) is 25.3. The van der Waals surface area contributed by atoms with E-state index in [1.165, 1.54) is 69.9 Å². The molecule has 0 unspecified atom stereocenters. The molecular formula is C48H32N2S. The molecule has 51 heavy (non-hydrogen) atoms. The fourth-order valence-electron chi connectivity index (χ4n) is 7.73. The molecule has 10 rings (SSSR count). The number of fused-ring (bicyclic) bond motifs is 6. The second kappa shape index (κ2) is 12.2. The van der Waals surface area contributed by atoms with Crippen LogP contribution in [-0.2, 0) is 0 Å². The maximum Gasteiger partial charge on any atom is 0.0555 e. The third-order valence-corrected chi connectivity index (χ3v) is 11.2. The van der Waals surface area contributed by atoms with Gasteiger partial charge < -0.3 is 9.47 Å². The Labute approximate surface area is 300 Å². The van der Waals surface area contributed by atoms with Crippen LogP contribution in [0, 0.1) is 0 Å². The van der Waals surface area contributed by atoms with Crippen LogP contribution in [0.5, 0.6) is 0 Å². The molecule has 0 N–H and O–H groups in total. The van der Waals surface area contributed by atoms with Crippen molar-refractivity contribution in [2.45, 2.75) is 0 Å². The molecule has 0 saturated carbocycles. The van der Waals surface area contributed by atoms with Gasteiger partial charge in [-0.2, -0.15) is 0 Å². The minimum atomic E-state index is 1.13. The van der Waals surface area contributed by atoms with Gasteiger partial charge in [0.2, 0.25) is 0 Å². The maximum absolute atomic E-state index is 2.44. The Morgan fingerprint density at radius 2 is 0.961 bits per heavy atom. The highest BCUT2D eigenvalue weighted by Gasteiger charge is 2.23. The van der Waals surface area contributed by atoms with Gasteiger partial charge in [0, 0.05) is 47.9 Å². The van der Waals surface area contributed by atoms with Gasteiger partial charge in [-0.3, -0.25) is 0 Å². The monoisotopic (exact) mass is 668 g/mol. The van der Waals surface area contributed by atoms with Crippen molar-refractivity contribution in [2.75, 3.05) is 4.90 Å². The molecule has 2 heterocycles. The fourth-order valence-corrected chi connectivity index (χ4v) is 8.99. The fraction of sp³-hybridized carbons (Fsp3) is 0. The number of thiophene rings is 1. The zero-order chi connectivity index (χ0) is 33.7. The van der Waals surface area contributed by atoms with Gasteiger partial charge >= 0.3 is 0 Å². The van der Waals surface area contributed by atoms with E-state index in [0.717, 1.165) is 17.1 Å². The molecule has 10 aromatic rings. The van der Waals surface area contributed by atoms with E-state index in [2.05, 4.69) is 204 Å². The standard InChI is InChI=1S/C48H32N2S/c1-3-15-33(16-4-1)37-19-7-11-23-42(37)50(35-17-5-2-6-18-35)45-32-31-38(48-47(45)41-22-10-14-26-46(41)51-48)34-27-29-36(30-28-34)49-43-24-12-8-20-39(43)40-21-9-13-25-44(40)49/h1-32H. The third-order valence-electron chi connectivity index (χ3n) is 10.0. The molecule has 0 aliphatic heterocycles. The summed E-state index contributed by atoms with van der Waals surface area (Å²) in [5.74, 6) is 0. The number of benzene rings is 8. The lowest BCUT2D eigenvalue weighted by atomic mass is 9.98. The van der Waals surface area contributed by atoms with Gasteiger partial charge in [0.25, 0.3) is 0 Å². The quantitative estimate of drug-likeness (QED) is 0.171. The van der Waals surface area contributed by atoms with Crippen LogP contribution in [0.1, 0.15) is 0 Å². The van der Waals surface area contributed by atoms with Crippen molar-refractivity contribution in [1.29, 1.82) is 0 Å². The average Bonchev–Trinajstić information content (AvgIpc) is 3.76. The summed E-state index contributed by atoms with van der Waals surface area (Å²) in [6.45, 7) is 0. The van der Waals surface area contributed by atoms with Gasteiger partial charge in [0.15, 0.2) is 0 Å². The lowest BCUT2D eigenvalue weighted by Crippen LogP contribution is -2.11. The highest BCUT2D eigenvalue weighted by atomic mass is 32.1. The Bertz CT molecular complexity index is 2790. The topological polar surface area (TPSA) is 8.17 Å². The van der Waals surface area contributed by atoms with Crippen molar-refractivity contribution in [1.82, 2.24) is 4.57 Å². The van der Waals surface area contributed by atoms with Crippen LogP contribution in [-0.4, -0.2) is 4.57 Å². The minimum absolute atomic E-state index is 1.13. The zero-order valence-electron chi connectivity index (χ0n) is 27.8. The van der Waals surface area contributed by atoms with Crippen LogP contribution < -0.4 is 4.90 Å². The van der Waals surface area contributed by atoms with Crippen LogP contribution >= 0.6 is 11.3 Å². The molecule has 0 bridgehead atoms. The first kappa shape index (κ1) is 29.5. The van der Waals surface area contributed by atoms with Crippen molar-refractivity contribution in [3.8, 4) is 27.9 Å². The van der Waals surface area contributed by atoms with E-state index in [4.69, 9.17) is 0 Å². The van der Waals surface area contributed by atoms with Crippen molar-refractivity contribution in [3.63, 3.8) is 0 Å². The van der Waals surface area contributed by atoms with Gasteiger partial charge in [-0.05, 0) is 71.3 Å². The Morgan fingerprint density at radius 3 is 1.69 bits per heavy atom. The first-order valence-corrected chi connectivity index (χ1v) is 18.2. The van der Waals surface area contributed by atoms with Crippen LogP contribution in [0.4, 0.5) is 17.1 Å². The molecule has 2 nitrogen and oxygen atoms in total. The third kappa shape index (κ3) is 4.85. The van der Waals surface area contributed by atoms with E-state index in [1.54, 1.807) is 0 Å². The number of hydrogen-bond donors (Lipinski definition) is 0. The number of aromatic nitrogens is 1. The largest absolute Gasteiger partial charge is 0.309 e. The van der Waals surface area contributed by atoms with Crippen molar-refractivity contribution < 1.29 is 0 Å². The minimum Gasteiger partial charge on any atom is -0.309 e. The molecule has 2 aromatic heterocycles. The molecule has 0 aliphatic carbocycles. The molecule has 0 spiro atoms. The van der Waals surface area contributed by atoms with E-state index >= 15 is 0 Å². The van der Waals surface area contributed by atoms with E-state index in [0.29, 0.717) is 0 Å². The summed E-state index contributed by atoms with van der Waals surface area (Å²) in [7, 11) is 0. The van der Waals surface area contributed by atoms with Crippen molar-refractivity contribution in [3.05, 3.63) is 194 Å². The number of anilines is 3. The van der Waals surface area contributed by atoms with Crippen LogP contribution in [0.15, 0.2) is 194 Å². The number of nitrogens with zero attached hydrogens (tertiary/aromatic N) is 2.